The van der Waals surface area contributed by atoms with E-state index in [-0.39, 0.29) is 0 Å². The van der Waals surface area contributed by atoms with Crippen molar-refractivity contribution in [1.82, 2.24) is 0 Å². The third kappa shape index (κ3) is 15.1. The van der Waals surface area contributed by atoms with Gasteiger partial charge in [-0.05, 0) is 98.5 Å². The number of esters is 1. The van der Waals surface area contributed by atoms with E-state index in [2.05, 4.69) is 25.3 Å². The molecule has 0 aromatic heterocycles. The molecule has 0 saturated carbocycles. The van der Waals surface area contributed by atoms with Crippen LogP contribution in [0.3, 0.4) is 0 Å². The van der Waals surface area contributed by atoms with Gasteiger partial charge in [-0.1, -0.05) is 89.0 Å². The van der Waals surface area contributed by atoms with Crippen LogP contribution in [0.5, 0.6) is 11.5 Å². The molecule has 3 aromatic rings. The topological polar surface area (TPSA) is 61.8 Å². The quantitative estimate of drug-likeness (QED) is 0.0359. The van der Waals surface area contributed by atoms with Crippen molar-refractivity contribution in [3.05, 3.63) is 102 Å². The summed E-state index contributed by atoms with van der Waals surface area (Å²) in [6.07, 6.45) is 18.6. The van der Waals surface area contributed by atoms with Gasteiger partial charge in [0.05, 0.1) is 23.7 Å². The lowest BCUT2D eigenvalue weighted by atomic mass is 10.1. The van der Waals surface area contributed by atoms with E-state index < -0.39 is 17.0 Å². The zero-order valence-electron chi connectivity index (χ0n) is 27.5. The van der Waals surface area contributed by atoms with Crippen LogP contribution in [-0.4, -0.2) is 23.4 Å². The van der Waals surface area contributed by atoms with Crippen molar-refractivity contribution < 1.29 is 22.7 Å². The lowest BCUT2D eigenvalue weighted by molar-refractivity contribution is 0.0734. The van der Waals surface area contributed by atoms with E-state index in [1.165, 1.54) is 64.2 Å². The van der Waals surface area contributed by atoms with Gasteiger partial charge in [0.1, 0.15) is 11.5 Å². The average Bonchev–Trinajstić information content (AvgIpc) is 3.08. The van der Waals surface area contributed by atoms with Crippen molar-refractivity contribution in [2.24, 2.45) is 0 Å². The maximum atomic E-state index is 12.6. The predicted molar refractivity (Wildman–Crippen MR) is 189 cm³/mol. The fourth-order valence-electron chi connectivity index (χ4n) is 4.80. The minimum Gasteiger partial charge on any atom is -0.494 e. The number of benzene rings is 3. The maximum Gasteiger partial charge on any atom is 0.343 e. The first kappa shape index (κ1) is 36.8. The van der Waals surface area contributed by atoms with Crippen LogP contribution in [0.25, 0.3) is 0 Å². The number of rotatable bonds is 22. The summed E-state index contributed by atoms with van der Waals surface area (Å²) in [5, 5.41) is 0. The minimum atomic E-state index is -1.47. The summed E-state index contributed by atoms with van der Waals surface area (Å²) in [5.41, 5.74) is 2.06. The molecule has 0 aliphatic carbocycles. The van der Waals surface area contributed by atoms with Gasteiger partial charge in [-0.3, -0.25) is 4.18 Å². The Morgan fingerprint density at radius 2 is 1.20 bits per heavy atom. The molecule has 5 nitrogen and oxygen atoms in total. The Kier molecular flexibility index (Phi) is 18.2. The largest absolute Gasteiger partial charge is 0.494 e. The van der Waals surface area contributed by atoms with Crippen LogP contribution in [0.4, 0.5) is 0 Å². The van der Waals surface area contributed by atoms with E-state index in [1.807, 2.05) is 42.5 Å². The number of carbonyl (C=O) groups is 1. The molecule has 0 amide bonds. The van der Waals surface area contributed by atoms with Gasteiger partial charge in [-0.15, -0.1) is 6.58 Å². The molecule has 0 saturated heterocycles. The molecule has 3 aromatic carbocycles. The number of hydrogen-bond donors (Lipinski definition) is 0. The molecule has 0 spiro atoms. The van der Waals surface area contributed by atoms with Crippen molar-refractivity contribution in [2.45, 2.75) is 102 Å². The number of allylic oxidation sites excluding steroid dienone is 1. The van der Waals surface area contributed by atoms with Gasteiger partial charge in [0.15, 0.2) is 11.1 Å². The maximum absolute atomic E-state index is 12.6. The molecule has 1 atom stereocenters. The van der Waals surface area contributed by atoms with Crippen LogP contribution in [0.2, 0.25) is 0 Å². The smallest absolute Gasteiger partial charge is 0.343 e. The Hall–Kier alpha value is -3.66. The number of unbranched alkanes of at least 4 members (excludes halogenated alkanes) is 12. The van der Waals surface area contributed by atoms with Gasteiger partial charge in [0.25, 0.3) is 0 Å². The summed E-state index contributed by atoms with van der Waals surface area (Å²) < 4.78 is 29.3. The molecule has 0 bridgehead atoms. The van der Waals surface area contributed by atoms with Gasteiger partial charge in [0, 0.05) is 11.1 Å². The van der Waals surface area contributed by atoms with Crippen molar-refractivity contribution >= 4 is 17.0 Å². The minimum absolute atomic E-state index is 0.424. The van der Waals surface area contributed by atoms with Crippen LogP contribution < -0.4 is 9.47 Å². The molecule has 46 heavy (non-hydrogen) atoms. The van der Waals surface area contributed by atoms with E-state index in [0.29, 0.717) is 29.4 Å². The highest BCUT2D eigenvalue weighted by Gasteiger charge is 2.09. The van der Waals surface area contributed by atoms with Gasteiger partial charge in [-0.2, -0.15) is 0 Å². The van der Waals surface area contributed by atoms with E-state index >= 15 is 0 Å². The summed E-state index contributed by atoms with van der Waals surface area (Å²) in [6, 6.07) is 21.4. The molecule has 0 radical (unpaired) electrons. The highest BCUT2D eigenvalue weighted by Crippen LogP contribution is 2.18. The number of hydrogen-bond acceptors (Lipinski definition) is 5. The van der Waals surface area contributed by atoms with Crippen LogP contribution in [0.1, 0.15) is 118 Å². The zero-order chi connectivity index (χ0) is 32.7. The van der Waals surface area contributed by atoms with E-state index in [1.54, 1.807) is 36.4 Å². The zero-order valence-corrected chi connectivity index (χ0v) is 28.3. The first-order chi connectivity index (χ1) is 22.6. The van der Waals surface area contributed by atoms with Crippen molar-refractivity contribution in [3.8, 4) is 23.3 Å². The Bertz CT molecular complexity index is 1370. The van der Waals surface area contributed by atoms with Crippen molar-refractivity contribution in [2.75, 3.05) is 13.2 Å². The van der Waals surface area contributed by atoms with Gasteiger partial charge < -0.3 is 9.47 Å². The molecule has 1 unspecified atom stereocenters. The Morgan fingerprint density at radius 1 is 0.674 bits per heavy atom. The Labute approximate surface area is 279 Å². The predicted octanol–water partition coefficient (Wildman–Crippen LogP) is 10.4. The van der Waals surface area contributed by atoms with Crippen molar-refractivity contribution in [3.63, 3.8) is 0 Å². The summed E-state index contributed by atoms with van der Waals surface area (Å²) >= 11 is -1.47. The summed E-state index contributed by atoms with van der Waals surface area (Å²) in [7, 11) is 0. The molecular weight excluding hydrogens is 593 g/mol. The standard InChI is InChI=1S/C40H50O5S/c1-3-5-7-9-11-12-13-14-16-32-43-37-28-24-36(25-29-37)40(41)45-38-26-20-34(21-27-38)18-19-35-22-30-39(31-23-35)46(42)44-33-17-15-10-8-6-4-2/h3,20-31H,1,4-17,32-33H2,2H3. The molecular formula is C40H50O5S. The molecule has 0 heterocycles. The Morgan fingerprint density at radius 3 is 1.80 bits per heavy atom. The van der Waals surface area contributed by atoms with E-state index in [4.69, 9.17) is 13.7 Å². The van der Waals surface area contributed by atoms with Crippen molar-refractivity contribution in [1.29, 1.82) is 0 Å². The third-order valence-electron chi connectivity index (χ3n) is 7.56. The monoisotopic (exact) mass is 642 g/mol. The average molecular weight is 643 g/mol. The molecule has 3 rings (SSSR count). The van der Waals surface area contributed by atoms with Gasteiger partial charge in [-0.25, -0.2) is 9.00 Å². The lowest BCUT2D eigenvalue weighted by Crippen LogP contribution is -2.08. The lowest BCUT2D eigenvalue weighted by Gasteiger charge is -2.08. The summed E-state index contributed by atoms with van der Waals surface area (Å²) in [4.78, 5) is 13.3. The third-order valence-corrected chi connectivity index (χ3v) is 8.60. The van der Waals surface area contributed by atoms with Crippen LogP contribution in [0, 0.1) is 11.8 Å². The van der Waals surface area contributed by atoms with Crippen LogP contribution >= 0.6 is 0 Å². The van der Waals surface area contributed by atoms with Gasteiger partial charge in [0.2, 0.25) is 0 Å². The van der Waals surface area contributed by atoms with Gasteiger partial charge >= 0.3 is 5.97 Å². The molecule has 0 aliphatic rings. The highest BCUT2D eigenvalue weighted by molar-refractivity contribution is 7.80. The second kappa shape index (κ2) is 22.8. The first-order valence-electron chi connectivity index (χ1n) is 16.9. The fraction of sp³-hybridized carbons (Fsp3) is 0.425. The first-order valence-corrected chi connectivity index (χ1v) is 18.0. The normalized spacial score (nSPS) is 11.3. The second-order valence-corrected chi connectivity index (χ2v) is 12.6. The van der Waals surface area contributed by atoms with Crippen LogP contribution in [-0.2, 0) is 15.3 Å². The summed E-state index contributed by atoms with van der Waals surface area (Å²) in [6.45, 7) is 7.15. The SMILES string of the molecule is C=CCCCCCCCCCOc1ccc(C(=O)Oc2ccc(C#Cc3ccc(S(=O)OCCCCCCCC)cc3)cc2)cc1. The molecule has 246 valence electrons. The fourth-order valence-corrected chi connectivity index (χ4v) is 5.57. The molecule has 0 fully saturated rings. The van der Waals surface area contributed by atoms with Crippen LogP contribution in [0.15, 0.2) is 90.3 Å². The highest BCUT2D eigenvalue weighted by atomic mass is 32.2. The number of ether oxygens (including phenoxy) is 2. The van der Waals surface area contributed by atoms with E-state index in [0.717, 1.165) is 42.6 Å². The van der Waals surface area contributed by atoms with E-state index in [9.17, 15) is 9.00 Å². The Balaban J connectivity index is 1.35. The summed E-state index contributed by atoms with van der Waals surface area (Å²) in [5.74, 6) is 7.01. The molecule has 0 N–H and O–H groups in total. The molecule has 6 heteroatoms. The number of carbonyl (C=O) groups excluding carboxylic acids is 1. The second-order valence-electron chi connectivity index (χ2n) is 11.4. The molecule has 0 aliphatic heterocycles.